The van der Waals surface area contributed by atoms with Crippen molar-refractivity contribution in [3.63, 3.8) is 0 Å². The molecule has 3 heteroatoms. The summed E-state index contributed by atoms with van der Waals surface area (Å²) in [4.78, 5) is 14.6. The molecule has 2 nitrogen and oxygen atoms in total. The topological polar surface area (TPSA) is 26.3 Å². The lowest BCUT2D eigenvalue weighted by Gasteiger charge is -2.07. The first kappa shape index (κ1) is 29.6. The SMILES string of the molecule is CCCCCCCCCCCCCCCCCCOc1ccc2c(c1)SC(=Cc1ccc(C)cc1)C2=O. The van der Waals surface area contributed by atoms with Gasteiger partial charge in [-0.1, -0.05) is 145 Å². The molecule has 0 spiro atoms. The minimum Gasteiger partial charge on any atom is -0.494 e. The van der Waals surface area contributed by atoms with Crippen molar-refractivity contribution in [1.29, 1.82) is 0 Å². The van der Waals surface area contributed by atoms with Gasteiger partial charge in [0.2, 0.25) is 5.78 Å². The number of allylic oxidation sites excluding steroid dienone is 1. The predicted octanol–water partition coefficient (Wildman–Crippen LogP) is 11.0. The highest BCUT2D eigenvalue weighted by atomic mass is 32.2. The second-order valence-electron chi connectivity index (χ2n) is 10.7. The molecule has 2 aromatic rings. The van der Waals surface area contributed by atoms with Crippen LogP contribution in [0.25, 0.3) is 6.08 Å². The van der Waals surface area contributed by atoms with Gasteiger partial charge in [-0.3, -0.25) is 4.79 Å². The lowest BCUT2D eigenvalue weighted by atomic mass is 10.0. The van der Waals surface area contributed by atoms with E-state index < -0.39 is 0 Å². The van der Waals surface area contributed by atoms with Crippen LogP contribution in [0.1, 0.15) is 131 Å². The molecule has 0 atom stereocenters. The minimum atomic E-state index is 0.116. The van der Waals surface area contributed by atoms with Crippen molar-refractivity contribution in [3.05, 3.63) is 64.1 Å². The summed E-state index contributed by atoms with van der Waals surface area (Å²) in [7, 11) is 0. The van der Waals surface area contributed by atoms with Gasteiger partial charge in [0.05, 0.1) is 11.5 Å². The van der Waals surface area contributed by atoms with Crippen LogP contribution in [0.2, 0.25) is 0 Å². The molecular formula is C34H48O2S. The van der Waals surface area contributed by atoms with E-state index in [9.17, 15) is 4.79 Å². The molecule has 202 valence electrons. The molecule has 1 aliphatic heterocycles. The lowest BCUT2D eigenvalue weighted by molar-refractivity contribution is 0.104. The average molecular weight is 521 g/mol. The Morgan fingerprint density at radius 2 is 1.24 bits per heavy atom. The standard InChI is InChI=1S/C34H48O2S/c1-3-4-5-6-7-8-9-10-11-12-13-14-15-16-17-18-25-36-30-23-24-31-32(27-30)37-33(34(31)35)26-29-21-19-28(2)20-22-29/h19-24,26-27H,3-18,25H2,1-2H3. The van der Waals surface area contributed by atoms with Gasteiger partial charge in [0, 0.05) is 10.5 Å². The monoisotopic (exact) mass is 520 g/mol. The maximum atomic E-state index is 12.8. The van der Waals surface area contributed by atoms with Gasteiger partial charge >= 0.3 is 0 Å². The van der Waals surface area contributed by atoms with E-state index >= 15 is 0 Å². The molecule has 1 heterocycles. The summed E-state index contributed by atoms with van der Waals surface area (Å²) >= 11 is 1.55. The Labute approximate surface area is 230 Å². The van der Waals surface area contributed by atoms with Crippen LogP contribution in [0.5, 0.6) is 5.75 Å². The number of aryl methyl sites for hydroxylation is 1. The quantitative estimate of drug-likeness (QED) is 0.136. The summed E-state index contributed by atoms with van der Waals surface area (Å²) in [6.07, 6.45) is 24.0. The largest absolute Gasteiger partial charge is 0.494 e. The van der Waals surface area contributed by atoms with E-state index in [1.165, 1.54) is 102 Å². The van der Waals surface area contributed by atoms with Crippen LogP contribution in [0, 0.1) is 6.92 Å². The predicted molar refractivity (Wildman–Crippen MR) is 161 cm³/mol. The Morgan fingerprint density at radius 1 is 0.703 bits per heavy atom. The number of unbranched alkanes of at least 4 members (excludes halogenated alkanes) is 15. The van der Waals surface area contributed by atoms with Gasteiger partial charge in [-0.05, 0) is 43.2 Å². The first-order chi connectivity index (χ1) is 18.2. The Kier molecular flexibility index (Phi) is 14.0. The summed E-state index contributed by atoms with van der Waals surface area (Å²) in [5.41, 5.74) is 3.08. The van der Waals surface area contributed by atoms with Crippen molar-refractivity contribution in [2.45, 2.75) is 121 Å². The summed E-state index contributed by atoms with van der Waals surface area (Å²) in [5.74, 6) is 0.988. The van der Waals surface area contributed by atoms with Crippen molar-refractivity contribution in [2.75, 3.05) is 6.61 Å². The molecule has 2 aromatic carbocycles. The molecule has 1 aliphatic rings. The van der Waals surface area contributed by atoms with Crippen molar-refractivity contribution >= 4 is 23.6 Å². The van der Waals surface area contributed by atoms with E-state index in [-0.39, 0.29) is 5.78 Å². The molecular weight excluding hydrogens is 472 g/mol. The van der Waals surface area contributed by atoms with Gasteiger partial charge in [-0.2, -0.15) is 0 Å². The maximum Gasteiger partial charge on any atom is 0.200 e. The van der Waals surface area contributed by atoms with Gasteiger partial charge < -0.3 is 4.74 Å². The zero-order chi connectivity index (χ0) is 26.1. The van der Waals surface area contributed by atoms with Crippen molar-refractivity contribution < 1.29 is 9.53 Å². The molecule has 0 aliphatic carbocycles. The lowest BCUT2D eigenvalue weighted by Crippen LogP contribution is -1.98. The average Bonchev–Trinajstić information content (AvgIpc) is 3.21. The van der Waals surface area contributed by atoms with Gasteiger partial charge in [0.15, 0.2) is 0 Å². The van der Waals surface area contributed by atoms with Crippen molar-refractivity contribution in [1.82, 2.24) is 0 Å². The van der Waals surface area contributed by atoms with Crippen LogP contribution < -0.4 is 4.74 Å². The molecule has 0 N–H and O–H groups in total. The minimum absolute atomic E-state index is 0.116. The molecule has 0 aromatic heterocycles. The summed E-state index contributed by atoms with van der Waals surface area (Å²) in [6, 6.07) is 14.2. The zero-order valence-electron chi connectivity index (χ0n) is 23.4. The molecule has 0 amide bonds. The van der Waals surface area contributed by atoms with Crippen LogP contribution in [0.4, 0.5) is 0 Å². The van der Waals surface area contributed by atoms with Gasteiger partial charge in [0.25, 0.3) is 0 Å². The highest BCUT2D eigenvalue weighted by Crippen LogP contribution is 2.42. The summed E-state index contributed by atoms with van der Waals surface area (Å²) in [6.45, 7) is 5.11. The number of rotatable bonds is 19. The van der Waals surface area contributed by atoms with Crippen LogP contribution in [-0.2, 0) is 0 Å². The first-order valence-corrected chi connectivity index (χ1v) is 15.8. The molecule has 0 unspecified atom stereocenters. The first-order valence-electron chi connectivity index (χ1n) is 14.9. The third kappa shape index (κ3) is 11.1. The van der Waals surface area contributed by atoms with Crippen molar-refractivity contribution in [3.8, 4) is 5.75 Å². The Bertz CT molecular complexity index is 960. The van der Waals surface area contributed by atoms with E-state index in [1.807, 2.05) is 24.3 Å². The number of fused-ring (bicyclic) bond motifs is 1. The second-order valence-corrected chi connectivity index (χ2v) is 11.7. The molecule has 0 bridgehead atoms. The van der Waals surface area contributed by atoms with Crippen molar-refractivity contribution in [2.24, 2.45) is 0 Å². The third-order valence-electron chi connectivity index (χ3n) is 7.28. The van der Waals surface area contributed by atoms with Gasteiger partial charge in [-0.15, -0.1) is 0 Å². The fourth-order valence-corrected chi connectivity index (χ4v) is 5.99. The molecule has 37 heavy (non-hydrogen) atoms. The van der Waals surface area contributed by atoms with Crippen LogP contribution >= 0.6 is 11.8 Å². The Balaban J connectivity index is 1.20. The number of carbonyl (C=O) groups excluding carboxylic acids is 1. The van der Waals surface area contributed by atoms with E-state index in [0.717, 1.165) is 39.7 Å². The molecule has 0 radical (unpaired) electrons. The van der Waals surface area contributed by atoms with Gasteiger partial charge in [0.1, 0.15) is 5.75 Å². The third-order valence-corrected chi connectivity index (χ3v) is 8.36. The normalized spacial score (nSPS) is 13.9. The number of Topliss-reactive ketones (excluding diaryl/α,β-unsaturated/α-hetero) is 1. The highest BCUT2D eigenvalue weighted by Gasteiger charge is 2.26. The number of ether oxygens (including phenoxy) is 1. The van der Waals surface area contributed by atoms with Crippen LogP contribution in [0.3, 0.4) is 0 Å². The van der Waals surface area contributed by atoms with E-state index in [1.54, 1.807) is 11.8 Å². The number of hydrogen-bond donors (Lipinski definition) is 0. The smallest absolute Gasteiger partial charge is 0.200 e. The number of benzene rings is 2. The van der Waals surface area contributed by atoms with E-state index in [0.29, 0.717) is 0 Å². The summed E-state index contributed by atoms with van der Waals surface area (Å²) in [5, 5.41) is 0. The highest BCUT2D eigenvalue weighted by molar-refractivity contribution is 8.04. The van der Waals surface area contributed by atoms with E-state index in [4.69, 9.17) is 4.74 Å². The molecule has 0 fully saturated rings. The molecule has 0 saturated carbocycles. The number of thioether (sulfide) groups is 1. The Morgan fingerprint density at radius 3 is 1.81 bits per heavy atom. The maximum absolute atomic E-state index is 12.8. The zero-order valence-corrected chi connectivity index (χ0v) is 24.2. The summed E-state index contributed by atoms with van der Waals surface area (Å²) < 4.78 is 6.01. The van der Waals surface area contributed by atoms with E-state index in [2.05, 4.69) is 38.1 Å². The molecule has 0 saturated heterocycles. The van der Waals surface area contributed by atoms with Gasteiger partial charge in [-0.25, -0.2) is 0 Å². The fraction of sp³-hybridized carbons (Fsp3) is 0.559. The van der Waals surface area contributed by atoms with Crippen LogP contribution in [-0.4, -0.2) is 12.4 Å². The second kappa shape index (κ2) is 17.5. The number of hydrogen-bond acceptors (Lipinski definition) is 3. The Hall–Kier alpha value is -2.00. The number of ketones is 1. The molecule has 3 rings (SSSR count). The fourth-order valence-electron chi connectivity index (χ4n) is 4.91. The van der Waals surface area contributed by atoms with Crippen LogP contribution in [0.15, 0.2) is 52.3 Å². The number of carbonyl (C=O) groups is 1.